The average Bonchev–Trinajstić information content (AvgIpc) is 3.11. The molecule has 0 aromatic heterocycles. The SMILES string of the molecule is O=C(NCCCC1CCCC1)C1CC1c1ccccc1Cl. The minimum absolute atomic E-state index is 0.136. The number of carbonyl (C=O) groups is 1. The van der Waals surface area contributed by atoms with E-state index < -0.39 is 0 Å². The number of hydrogen-bond acceptors (Lipinski definition) is 1. The van der Waals surface area contributed by atoms with Crippen molar-refractivity contribution in [1.82, 2.24) is 5.32 Å². The summed E-state index contributed by atoms with van der Waals surface area (Å²) in [6, 6.07) is 7.88. The molecule has 2 fully saturated rings. The van der Waals surface area contributed by atoms with E-state index in [0.717, 1.165) is 35.9 Å². The third-order valence-corrected chi connectivity index (χ3v) is 5.34. The molecule has 1 aromatic rings. The van der Waals surface area contributed by atoms with Crippen molar-refractivity contribution >= 4 is 17.5 Å². The van der Waals surface area contributed by atoms with E-state index in [1.807, 2.05) is 24.3 Å². The molecule has 2 aliphatic carbocycles. The van der Waals surface area contributed by atoms with Crippen LogP contribution in [-0.2, 0) is 4.79 Å². The van der Waals surface area contributed by atoms with Gasteiger partial charge in [0.2, 0.25) is 5.91 Å². The molecule has 1 N–H and O–H groups in total. The summed E-state index contributed by atoms with van der Waals surface area (Å²) < 4.78 is 0. The predicted molar refractivity (Wildman–Crippen MR) is 86.5 cm³/mol. The molecule has 2 unspecified atom stereocenters. The van der Waals surface area contributed by atoms with E-state index in [1.54, 1.807) is 0 Å². The van der Waals surface area contributed by atoms with Gasteiger partial charge in [-0.3, -0.25) is 4.79 Å². The average molecular weight is 306 g/mol. The van der Waals surface area contributed by atoms with Crippen LogP contribution in [-0.4, -0.2) is 12.5 Å². The lowest BCUT2D eigenvalue weighted by molar-refractivity contribution is -0.122. The second-order valence-electron chi connectivity index (χ2n) is 6.55. The number of halogens is 1. The Kier molecular flexibility index (Phi) is 4.84. The lowest BCUT2D eigenvalue weighted by atomic mass is 10.0. The molecule has 0 spiro atoms. The maximum Gasteiger partial charge on any atom is 0.223 e. The van der Waals surface area contributed by atoms with Crippen LogP contribution in [0.4, 0.5) is 0 Å². The van der Waals surface area contributed by atoms with Crippen LogP contribution in [0, 0.1) is 11.8 Å². The molecule has 1 amide bonds. The van der Waals surface area contributed by atoms with Gasteiger partial charge in [0.05, 0.1) is 0 Å². The molecule has 1 aromatic carbocycles. The smallest absolute Gasteiger partial charge is 0.223 e. The van der Waals surface area contributed by atoms with E-state index in [2.05, 4.69) is 5.32 Å². The highest BCUT2D eigenvalue weighted by molar-refractivity contribution is 6.31. The highest BCUT2D eigenvalue weighted by atomic mass is 35.5. The van der Waals surface area contributed by atoms with E-state index in [-0.39, 0.29) is 11.8 Å². The second kappa shape index (κ2) is 6.83. The minimum Gasteiger partial charge on any atom is -0.356 e. The summed E-state index contributed by atoms with van der Waals surface area (Å²) in [6.07, 6.45) is 8.94. The van der Waals surface area contributed by atoms with Crippen molar-refractivity contribution in [1.29, 1.82) is 0 Å². The number of rotatable bonds is 6. The number of nitrogens with one attached hydrogen (secondary N) is 1. The van der Waals surface area contributed by atoms with Crippen LogP contribution in [0.25, 0.3) is 0 Å². The molecule has 0 radical (unpaired) electrons. The predicted octanol–water partition coefficient (Wildman–Crippen LogP) is 4.53. The summed E-state index contributed by atoms with van der Waals surface area (Å²) in [6.45, 7) is 0.834. The van der Waals surface area contributed by atoms with E-state index in [1.165, 1.54) is 32.1 Å². The molecule has 0 aliphatic heterocycles. The van der Waals surface area contributed by atoms with Crippen molar-refractivity contribution < 1.29 is 4.79 Å². The van der Waals surface area contributed by atoms with Crippen LogP contribution in [0.1, 0.15) is 56.4 Å². The van der Waals surface area contributed by atoms with E-state index in [4.69, 9.17) is 11.6 Å². The van der Waals surface area contributed by atoms with Gasteiger partial charge in [-0.1, -0.05) is 55.5 Å². The van der Waals surface area contributed by atoms with Crippen LogP contribution in [0.2, 0.25) is 5.02 Å². The third-order valence-electron chi connectivity index (χ3n) is 5.00. The Balaban J connectivity index is 1.38. The molecule has 3 heteroatoms. The highest BCUT2D eigenvalue weighted by Crippen LogP contribution is 2.49. The quantitative estimate of drug-likeness (QED) is 0.769. The molecular formula is C18H24ClNO. The molecule has 0 bridgehead atoms. The van der Waals surface area contributed by atoms with E-state index in [9.17, 15) is 4.79 Å². The second-order valence-corrected chi connectivity index (χ2v) is 6.96. The standard InChI is InChI=1S/C18H24ClNO/c19-17-10-4-3-9-14(17)15-12-16(15)18(21)20-11-5-8-13-6-1-2-7-13/h3-4,9-10,13,15-16H,1-2,5-8,11-12H2,(H,20,21). The summed E-state index contributed by atoms with van der Waals surface area (Å²) >= 11 is 6.20. The lowest BCUT2D eigenvalue weighted by Gasteiger charge is -2.09. The van der Waals surface area contributed by atoms with Crippen LogP contribution in [0.3, 0.4) is 0 Å². The highest BCUT2D eigenvalue weighted by Gasteiger charge is 2.44. The Bertz CT molecular complexity index is 496. The summed E-state index contributed by atoms with van der Waals surface area (Å²) in [5.74, 6) is 1.59. The molecular weight excluding hydrogens is 282 g/mol. The van der Waals surface area contributed by atoms with Crippen LogP contribution in [0.5, 0.6) is 0 Å². The number of benzene rings is 1. The fraction of sp³-hybridized carbons (Fsp3) is 0.611. The number of carbonyl (C=O) groups excluding carboxylic acids is 1. The van der Waals surface area contributed by atoms with Crippen molar-refractivity contribution in [3.05, 3.63) is 34.9 Å². The van der Waals surface area contributed by atoms with Crippen molar-refractivity contribution in [3.63, 3.8) is 0 Å². The van der Waals surface area contributed by atoms with Gasteiger partial charge in [0.25, 0.3) is 0 Å². The normalized spacial score (nSPS) is 25.0. The Morgan fingerprint density at radius 2 is 2.00 bits per heavy atom. The van der Waals surface area contributed by atoms with Gasteiger partial charge in [0.1, 0.15) is 0 Å². The zero-order valence-corrected chi connectivity index (χ0v) is 13.2. The van der Waals surface area contributed by atoms with Gasteiger partial charge in [0.15, 0.2) is 0 Å². The lowest BCUT2D eigenvalue weighted by Crippen LogP contribution is -2.26. The fourth-order valence-corrected chi connectivity index (χ4v) is 3.91. The van der Waals surface area contributed by atoms with E-state index in [0.29, 0.717) is 5.92 Å². The van der Waals surface area contributed by atoms with Gasteiger partial charge in [-0.2, -0.15) is 0 Å². The van der Waals surface area contributed by atoms with Crippen molar-refractivity contribution in [2.75, 3.05) is 6.54 Å². The van der Waals surface area contributed by atoms with Gasteiger partial charge >= 0.3 is 0 Å². The van der Waals surface area contributed by atoms with Gasteiger partial charge in [0, 0.05) is 17.5 Å². The van der Waals surface area contributed by atoms with Crippen LogP contribution in [0.15, 0.2) is 24.3 Å². The Labute approximate surface area is 132 Å². The summed E-state index contributed by atoms with van der Waals surface area (Å²) in [4.78, 5) is 12.1. The Morgan fingerprint density at radius 1 is 1.24 bits per heavy atom. The van der Waals surface area contributed by atoms with E-state index >= 15 is 0 Å². The molecule has 114 valence electrons. The minimum atomic E-state index is 0.136. The Hall–Kier alpha value is -1.02. The number of amides is 1. The van der Waals surface area contributed by atoms with Gasteiger partial charge < -0.3 is 5.32 Å². The first-order valence-corrected chi connectivity index (χ1v) is 8.65. The maximum atomic E-state index is 12.1. The summed E-state index contributed by atoms with van der Waals surface area (Å²) in [5, 5.41) is 3.90. The molecule has 2 nitrogen and oxygen atoms in total. The molecule has 0 heterocycles. The van der Waals surface area contributed by atoms with Crippen molar-refractivity contribution in [2.45, 2.75) is 50.9 Å². The first kappa shape index (κ1) is 14.9. The fourth-order valence-electron chi connectivity index (χ4n) is 3.64. The van der Waals surface area contributed by atoms with Gasteiger partial charge in [-0.05, 0) is 42.7 Å². The Morgan fingerprint density at radius 3 is 2.76 bits per heavy atom. The van der Waals surface area contributed by atoms with Gasteiger partial charge in [-0.15, -0.1) is 0 Å². The van der Waals surface area contributed by atoms with Crippen molar-refractivity contribution in [3.8, 4) is 0 Å². The van der Waals surface area contributed by atoms with Gasteiger partial charge in [-0.25, -0.2) is 0 Å². The molecule has 2 atom stereocenters. The van der Waals surface area contributed by atoms with Crippen LogP contribution < -0.4 is 5.32 Å². The number of hydrogen-bond donors (Lipinski definition) is 1. The first-order valence-electron chi connectivity index (χ1n) is 8.28. The maximum absolute atomic E-state index is 12.1. The zero-order chi connectivity index (χ0) is 14.7. The third kappa shape index (κ3) is 3.79. The molecule has 2 saturated carbocycles. The monoisotopic (exact) mass is 305 g/mol. The molecule has 0 saturated heterocycles. The molecule has 21 heavy (non-hydrogen) atoms. The zero-order valence-electron chi connectivity index (χ0n) is 12.5. The molecule has 3 rings (SSSR count). The van der Waals surface area contributed by atoms with Crippen LogP contribution >= 0.6 is 11.6 Å². The largest absolute Gasteiger partial charge is 0.356 e. The molecule has 2 aliphatic rings. The topological polar surface area (TPSA) is 29.1 Å². The summed E-state index contributed by atoms with van der Waals surface area (Å²) in [5.41, 5.74) is 1.13. The van der Waals surface area contributed by atoms with Crippen molar-refractivity contribution in [2.24, 2.45) is 11.8 Å². The first-order chi connectivity index (χ1) is 10.3. The summed E-state index contributed by atoms with van der Waals surface area (Å²) in [7, 11) is 0.